The van der Waals surface area contributed by atoms with Crippen molar-refractivity contribution in [2.24, 2.45) is 0 Å². The maximum absolute atomic E-state index is 12.9. The molecule has 1 aromatic rings. The van der Waals surface area contributed by atoms with Crippen LogP contribution < -0.4 is 0 Å². The number of carbonyl (C=O) groups is 1. The van der Waals surface area contributed by atoms with Gasteiger partial charge in [0.15, 0.2) is 0 Å². The SMILES string of the molecule is COC(=O)C1=C(O)C[C@H](N(C)C)C(S(=O)(=O)c2ccccc2)=C1. The van der Waals surface area contributed by atoms with E-state index in [9.17, 15) is 18.3 Å². The molecule has 0 spiro atoms. The van der Waals surface area contributed by atoms with Gasteiger partial charge >= 0.3 is 5.97 Å². The number of esters is 1. The van der Waals surface area contributed by atoms with E-state index >= 15 is 0 Å². The number of likely N-dealkylation sites (N-methyl/N-ethyl adjacent to an activating group) is 1. The van der Waals surface area contributed by atoms with Crippen LogP contribution in [0.2, 0.25) is 0 Å². The van der Waals surface area contributed by atoms with Gasteiger partial charge in [0.1, 0.15) is 5.76 Å². The molecule has 0 unspecified atom stereocenters. The lowest BCUT2D eigenvalue weighted by atomic mass is 10.00. The van der Waals surface area contributed by atoms with Crippen LogP contribution in [0.4, 0.5) is 0 Å². The summed E-state index contributed by atoms with van der Waals surface area (Å²) in [6.45, 7) is 0. The lowest BCUT2D eigenvalue weighted by molar-refractivity contribution is -0.136. The van der Waals surface area contributed by atoms with E-state index in [1.165, 1.54) is 25.3 Å². The fourth-order valence-electron chi connectivity index (χ4n) is 2.43. The first-order chi connectivity index (χ1) is 10.8. The molecular weight excluding hydrogens is 318 g/mol. The van der Waals surface area contributed by atoms with E-state index < -0.39 is 21.8 Å². The van der Waals surface area contributed by atoms with Crippen LogP contribution >= 0.6 is 0 Å². The number of ether oxygens (including phenoxy) is 1. The van der Waals surface area contributed by atoms with Crippen LogP contribution in [0.3, 0.4) is 0 Å². The fourth-order valence-corrected chi connectivity index (χ4v) is 4.14. The average molecular weight is 337 g/mol. The zero-order valence-corrected chi connectivity index (χ0v) is 14.0. The number of aliphatic hydroxyl groups excluding tert-OH is 1. The Morgan fingerprint density at radius 3 is 2.39 bits per heavy atom. The van der Waals surface area contributed by atoms with Crippen molar-refractivity contribution < 1.29 is 23.1 Å². The van der Waals surface area contributed by atoms with Crippen LogP contribution in [0.1, 0.15) is 6.42 Å². The highest BCUT2D eigenvalue weighted by Crippen LogP contribution is 2.33. The molecule has 1 aliphatic rings. The highest BCUT2D eigenvalue weighted by molar-refractivity contribution is 7.95. The molecule has 0 amide bonds. The maximum Gasteiger partial charge on any atom is 0.341 e. The molecular formula is C16H19NO5S. The van der Waals surface area contributed by atoms with Crippen molar-refractivity contribution in [1.29, 1.82) is 0 Å². The van der Waals surface area contributed by atoms with E-state index in [1.807, 2.05) is 0 Å². The number of carbonyl (C=O) groups excluding carboxylic acids is 1. The van der Waals surface area contributed by atoms with E-state index in [0.717, 1.165) is 0 Å². The van der Waals surface area contributed by atoms with Gasteiger partial charge in [0, 0.05) is 6.42 Å². The van der Waals surface area contributed by atoms with Gasteiger partial charge in [-0.05, 0) is 32.3 Å². The van der Waals surface area contributed by atoms with E-state index in [-0.39, 0.29) is 27.6 Å². The number of hydrogen-bond acceptors (Lipinski definition) is 6. The quantitative estimate of drug-likeness (QED) is 0.841. The lowest BCUT2D eigenvalue weighted by Crippen LogP contribution is -2.36. The van der Waals surface area contributed by atoms with Crippen molar-refractivity contribution in [2.75, 3.05) is 21.2 Å². The molecule has 0 heterocycles. The second-order valence-electron chi connectivity index (χ2n) is 5.40. The van der Waals surface area contributed by atoms with Crippen molar-refractivity contribution in [3.05, 3.63) is 52.6 Å². The van der Waals surface area contributed by atoms with Crippen LogP contribution in [0, 0.1) is 0 Å². The Morgan fingerprint density at radius 2 is 1.87 bits per heavy atom. The van der Waals surface area contributed by atoms with Gasteiger partial charge in [-0.15, -0.1) is 0 Å². The van der Waals surface area contributed by atoms with Crippen molar-refractivity contribution in [3.8, 4) is 0 Å². The third kappa shape index (κ3) is 3.30. The minimum absolute atomic E-state index is 0.0231. The zero-order chi connectivity index (χ0) is 17.2. The first-order valence-electron chi connectivity index (χ1n) is 6.97. The molecule has 0 bridgehead atoms. The smallest absolute Gasteiger partial charge is 0.341 e. The molecule has 7 heteroatoms. The van der Waals surface area contributed by atoms with E-state index in [1.54, 1.807) is 37.2 Å². The molecule has 0 fully saturated rings. The van der Waals surface area contributed by atoms with Gasteiger partial charge in [-0.1, -0.05) is 18.2 Å². The lowest BCUT2D eigenvalue weighted by Gasteiger charge is -2.30. The maximum atomic E-state index is 12.9. The van der Waals surface area contributed by atoms with Gasteiger partial charge < -0.3 is 14.7 Å². The van der Waals surface area contributed by atoms with Crippen LogP contribution in [-0.4, -0.2) is 51.6 Å². The molecule has 0 saturated carbocycles. The van der Waals surface area contributed by atoms with Gasteiger partial charge in [0.25, 0.3) is 0 Å². The van der Waals surface area contributed by atoms with Gasteiger partial charge in [0.05, 0.1) is 28.5 Å². The Morgan fingerprint density at radius 1 is 1.26 bits per heavy atom. The summed E-state index contributed by atoms with van der Waals surface area (Å²) in [6.07, 6.45) is 1.23. The monoisotopic (exact) mass is 337 g/mol. The van der Waals surface area contributed by atoms with Gasteiger partial charge in [-0.25, -0.2) is 13.2 Å². The summed E-state index contributed by atoms with van der Waals surface area (Å²) in [5, 5.41) is 10.1. The van der Waals surface area contributed by atoms with Crippen LogP contribution in [0.15, 0.2) is 57.5 Å². The third-order valence-electron chi connectivity index (χ3n) is 3.71. The summed E-state index contributed by atoms with van der Waals surface area (Å²) in [5.74, 6) is -0.942. The Balaban J connectivity index is 2.61. The molecule has 2 rings (SSSR count). The minimum Gasteiger partial charge on any atom is -0.511 e. The number of rotatable bonds is 4. The van der Waals surface area contributed by atoms with E-state index in [4.69, 9.17) is 0 Å². The highest BCUT2D eigenvalue weighted by Gasteiger charge is 2.35. The highest BCUT2D eigenvalue weighted by atomic mass is 32.2. The molecule has 0 aliphatic heterocycles. The van der Waals surface area contributed by atoms with Gasteiger partial charge in [-0.3, -0.25) is 0 Å². The summed E-state index contributed by atoms with van der Waals surface area (Å²) in [6, 6.07) is 7.43. The molecule has 1 N–H and O–H groups in total. The van der Waals surface area contributed by atoms with Crippen molar-refractivity contribution in [1.82, 2.24) is 4.90 Å². The number of methoxy groups -OCH3 is 1. The molecule has 23 heavy (non-hydrogen) atoms. The van der Waals surface area contributed by atoms with Crippen LogP contribution in [0.25, 0.3) is 0 Å². The first kappa shape index (κ1) is 17.2. The largest absolute Gasteiger partial charge is 0.511 e. The second-order valence-corrected chi connectivity index (χ2v) is 7.35. The second kappa shape index (κ2) is 6.55. The van der Waals surface area contributed by atoms with Crippen molar-refractivity contribution >= 4 is 15.8 Å². The number of benzene rings is 1. The number of nitrogens with zero attached hydrogens (tertiary/aromatic N) is 1. The normalized spacial score (nSPS) is 18.8. The Labute approximate surface area is 135 Å². The standard InChI is InChI=1S/C16H19NO5S/c1-17(2)13-10-14(18)12(16(19)22-3)9-15(13)23(20,21)11-7-5-4-6-8-11/h4-9,13,18H,10H2,1-3H3/t13-/m0/s1. The average Bonchev–Trinajstić information content (AvgIpc) is 2.54. The predicted octanol–water partition coefficient (Wildman–Crippen LogP) is 1.66. The zero-order valence-electron chi connectivity index (χ0n) is 13.2. The molecule has 1 atom stereocenters. The van der Waals surface area contributed by atoms with E-state index in [2.05, 4.69) is 4.74 Å². The first-order valence-corrected chi connectivity index (χ1v) is 8.46. The van der Waals surface area contributed by atoms with Gasteiger partial charge in [-0.2, -0.15) is 0 Å². The number of sulfone groups is 1. The summed E-state index contributed by atoms with van der Waals surface area (Å²) in [5.41, 5.74) is -0.125. The third-order valence-corrected chi connectivity index (χ3v) is 5.61. The molecule has 0 radical (unpaired) electrons. The van der Waals surface area contributed by atoms with Gasteiger partial charge in [0.2, 0.25) is 9.84 Å². The Kier molecular flexibility index (Phi) is 4.91. The summed E-state index contributed by atoms with van der Waals surface area (Å²) in [7, 11) is 0.828. The van der Waals surface area contributed by atoms with E-state index in [0.29, 0.717) is 0 Å². The van der Waals surface area contributed by atoms with Crippen molar-refractivity contribution in [2.45, 2.75) is 17.4 Å². The minimum atomic E-state index is -3.79. The number of aliphatic hydroxyl groups is 1. The van der Waals surface area contributed by atoms with Crippen LogP contribution in [0.5, 0.6) is 0 Å². The fraction of sp³-hybridized carbons (Fsp3) is 0.312. The molecule has 1 aliphatic carbocycles. The Hall–Kier alpha value is -2.12. The summed E-state index contributed by atoms with van der Waals surface area (Å²) in [4.78, 5) is 13.7. The molecule has 6 nitrogen and oxygen atoms in total. The molecule has 1 aromatic carbocycles. The summed E-state index contributed by atoms with van der Waals surface area (Å²) >= 11 is 0. The Bertz CT molecular complexity index is 763. The number of hydrogen-bond donors (Lipinski definition) is 1. The molecule has 0 saturated heterocycles. The molecule has 0 aromatic heterocycles. The van der Waals surface area contributed by atoms with Crippen LogP contribution in [-0.2, 0) is 19.4 Å². The molecule has 124 valence electrons. The summed E-state index contributed by atoms with van der Waals surface area (Å²) < 4.78 is 30.4. The predicted molar refractivity (Wildman–Crippen MR) is 85.5 cm³/mol. The topological polar surface area (TPSA) is 83.9 Å². The van der Waals surface area contributed by atoms with Crippen molar-refractivity contribution in [3.63, 3.8) is 0 Å².